The van der Waals surface area contributed by atoms with E-state index in [1.807, 2.05) is 13.8 Å². The Morgan fingerprint density at radius 2 is 1.87 bits per heavy atom. The van der Waals surface area contributed by atoms with Gasteiger partial charge < -0.3 is 5.32 Å². The lowest BCUT2D eigenvalue weighted by Gasteiger charge is -2.17. The molecule has 1 saturated carbocycles. The molecule has 1 amide bonds. The SMILES string of the molecule is Cc1cc(-c2ncc(Cl)cc2F)cc(C)c1C1C(=O)CC(CC(=O)NC(C)C)C1=O. The maximum atomic E-state index is 14.3. The zero-order valence-electron chi connectivity index (χ0n) is 17.4. The molecule has 1 heterocycles. The van der Waals surface area contributed by atoms with E-state index in [9.17, 15) is 18.8 Å². The zero-order valence-corrected chi connectivity index (χ0v) is 18.1. The summed E-state index contributed by atoms with van der Waals surface area (Å²) in [6, 6.07) is 4.61. The van der Waals surface area contributed by atoms with E-state index in [1.165, 1.54) is 12.3 Å². The highest BCUT2D eigenvalue weighted by molar-refractivity contribution is 6.30. The van der Waals surface area contributed by atoms with Crippen LogP contribution in [-0.2, 0) is 14.4 Å². The summed E-state index contributed by atoms with van der Waals surface area (Å²) in [5.74, 6) is -2.69. The Hall–Kier alpha value is -2.60. The molecule has 7 heteroatoms. The van der Waals surface area contributed by atoms with Crippen molar-refractivity contribution in [3.05, 3.63) is 51.9 Å². The quantitative estimate of drug-likeness (QED) is 0.717. The number of aryl methyl sites for hydroxylation is 2. The number of hydrogen-bond donors (Lipinski definition) is 1. The average Bonchev–Trinajstić information content (AvgIpc) is 2.88. The number of Topliss-reactive ketones (excluding diaryl/α,β-unsaturated/α-hetero) is 2. The lowest BCUT2D eigenvalue weighted by Crippen LogP contribution is -2.32. The second kappa shape index (κ2) is 8.64. The number of ketones is 2. The molecule has 2 atom stereocenters. The normalized spacial score (nSPS) is 18.9. The number of hydrogen-bond acceptors (Lipinski definition) is 4. The molecule has 0 radical (unpaired) electrons. The number of amides is 1. The van der Waals surface area contributed by atoms with Gasteiger partial charge in [0.25, 0.3) is 0 Å². The molecule has 0 aliphatic heterocycles. The molecule has 0 spiro atoms. The zero-order chi connectivity index (χ0) is 22.2. The van der Waals surface area contributed by atoms with Gasteiger partial charge >= 0.3 is 0 Å². The highest BCUT2D eigenvalue weighted by atomic mass is 35.5. The first-order valence-corrected chi connectivity index (χ1v) is 10.2. The van der Waals surface area contributed by atoms with Gasteiger partial charge in [-0.15, -0.1) is 0 Å². The van der Waals surface area contributed by atoms with Gasteiger partial charge in [0, 0.05) is 36.6 Å². The molecular weight excluding hydrogens is 407 g/mol. The Balaban J connectivity index is 1.91. The van der Waals surface area contributed by atoms with Crippen LogP contribution in [0.25, 0.3) is 11.3 Å². The molecule has 1 aliphatic rings. The van der Waals surface area contributed by atoms with Crippen LogP contribution >= 0.6 is 11.6 Å². The number of pyridine rings is 1. The Morgan fingerprint density at radius 3 is 2.43 bits per heavy atom. The first-order valence-electron chi connectivity index (χ1n) is 9.86. The number of aromatic nitrogens is 1. The summed E-state index contributed by atoms with van der Waals surface area (Å²) < 4.78 is 14.3. The predicted molar refractivity (Wildman–Crippen MR) is 113 cm³/mol. The first kappa shape index (κ1) is 22.1. The van der Waals surface area contributed by atoms with Crippen LogP contribution in [0.2, 0.25) is 5.02 Å². The monoisotopic (exact) mass is 430 g/mol. The number of nitrogens with one attached hydrogen (secondary N) is 1. The summed E-state index contributed by atoms with van der Waals surface area (Å²) >= 11 is 5.78. The first-order chi connectivity index (χ1) is 14.1. The number of carbonyl (C=O) groups is 3. The van der Waals surface area contributed by atoms with Crippen LogP contribution in [0.3, 0.4) is 0 Å². The fourth-order valence-electron chi connectivity index (χ4n) is 4.13. The Kier molecular flexibility index (Phi) is 6.36. The number of benzene rings is 1. The summed E-state index contributed by atoms with van der Waals surface area (Å²) in [7, 11) is 0. The number of nitrogens with zero attached hydrogens (tertiary/aromatic N) is 1. The molecule has 158 valence electrons. The summed E-state index contributed by atoms with van der Waals surface area (Å²) in [5, 5.41) is 2.97. The van der Waals surface area contributed by atoms with Crippen molar-refractivity contribution in [2.75, 3.05) is 0 Å². The number of carbonyl (C=O) groups excluding carboxylic acids is 3. The van der Waals surface area contributed by atoms with Gasteiger partial charge in [0.2, 0.25) is 5.91 Å². The standard InChI is InChI=1S/C23H24ClFN2O3/c1-11(2)27-19(29)8-15-7-18(28)21(23(15)30)20-12(3)5-14(6-13(20)4)22-17(25)9-16(24)10-26-22/h5-6,9-11,15,21H,7-8H2,1-4H3,(H,27,29). The van der Waals surface area contributed by atoms with E-state index in [0.717, 1.165) is 0 Å². The molecule has 0 saturated heterocycles. The largest absolute Gasteiger partial charge is 0.354 e. The highest BCUT2D eigenvalue weighted by Gasteiger charge is 2.43. The van der Waals surface area contributed by atoms with Crippen molar-refractivity contribution in [3.63, 3.8) is 0 Å². The molecule has 0 bridgehead atoms. The third-order valence-corrected chi connectivity index (χ3v) is 5.51. The van der Waals surface area contributed by atoms with E-state index >= 15 is 0 Å². The fourth-order valence-corrected chi connectivity index (χ4v) is 4.27. The van der Waals surface area contributed by atoms with Crippen LogP contribution < -0.4 is 5.32 Å². The fraction of sp³-hybridized carbons (Fsp3) is 0.391. The van der Waals surface area contributed by atoms with Gasteiger partial charge in [0.15, 0.2) is 11.6 Å². The van der Waals surface area contributed by atoms with Gasteiger partial charge in [0.1, 0.15) is 17.4 Å². The Morgan fingerprint density at radius 1 is 1.23 bits per heavy atom. The van der Waals surface area contributed by atoms with E-state index in [2.05, 4.69) is 10.3 Å². The average molecular weight is 431 g/mol. The lowest BCUT2D eigenvalue weighted by molar-refractivity contribution is -0.128. The molecule has 1 aromatic heterocycles. The molecule has 2 unspecified atom stereocenters. The minimum absolute atomic E-state index is 0.00926. The lowest BCUT2D eigenvalue weighted by atomic mass is 9.85. The van der Waals surface area contributed by atoms with Gasteiger partial charge in [-0.05, 0) is 62.6 Å². The highest BCUT2D eigenvalue weighted by Crippen LogP contribution is 2.38. The van der Waals surface area contributed by atoms with Crippen LogP contribution in [0.15, 0.2) is 24.4 Å². The van der Waals surface area contributed by atoms with Crippen molar-refractivity contribution in [1.82, 2.24) is 10.3 Å². The molecule has 30 heavy (non-hydrogen) atoms. The van der Waals surface area contributed by atoms with Crippen molar-refractivity contribution >= 4 is 29.1 Å². The second-order valence-electron chi connectivity index (χ2n) is 8.14. The molecular formula is C23H24ClFN2O3. The molecule has 1 fully saturated rings. The summed E-state index contributed by atoms with van der Waals surface area (Å²) in [6.45, 7) is 7.27. The molecule has 5 nitrogen and oxygen atoms in total. The second-order valence-corrected chi connectivity index (χ2v) is 8.57. The predicted octanol–water partition coefficient (Wildman–Crippen LogP) is 4.31. The Labute approximate surface area is 180 Å². The van der Waals surface area contributed by atoms with E-state index in [4.69, 9.17) is 11.6 Å². The van der Waals surface area contributed by atoms with Crippen LogP contribution in [0.5, 0.6) is 0 Å². The number of rotatable bonds is 5. The van der Waals surface area contributed by atoms with Gasteiger partial charge in [0.05, 0.1) is 5.02 Å². The molecule has 2 aromatic rings. The van der Waals surface area contributed by atoms with Crippen molar-refractivity contribution in [1.29, 1.82) is 0 Å². The van der Waals surface area contributed by atoms with E-state index in [1.54, 1.807) is 26.0 Å². The maximum Gasteiger partial charge on any atom is 0.220 e. The van der Waals surface area contributed by atoms with Crippen molar-refractivity contribution in [3.8, 4) is 11.3 Å². The maximum absolute atomic E-state index is 14.3. The van der Waals surface area contributed by atoms with Gasteiger partial charge in [-0.1, -0.05) is 11.6 Å². The van der Waals surface area contributed by atoms with Crippen molar-refractivity contribution in [2.24, 2.45) is 5.92 Å². The van der Waals surface area contributed by atoms with E-state index < -0.39 is 17.7 Å². The molecule has 1 N–H and O–H groups in total. The van der Waals surface area contributed by atoms with Gasteiger partial charge in [-0.2, -0.15) is 0 Å². The topological polar surface area (TPSA) is 76.1 Å². The molecule has 3 rings (SSSR count). The molecule has 1 aromatic carbocycles. The smallest absolute Gasteiger partial charge is 0.220 e. The number of halogens is 2. The van der Waals surface area contributed by atoms with Gasteiger partial charge in [-0.25, -0.2) is 4.39 Å². The van der Waals surface area contributed by atoms with Crippen LogP contribution in [0, 0.1) is 25.6 Å². The summed E-state index contributed by atoms with van der Waals surface area (Å²) in [5.41, 5.74) is 2.76. The van der Waals surface area contributed by atoms with E-state index in [0.29, 0.717) is 22.3 Å². The van der Waals surface area contributed by atoms with Crippen LogP contribution in [-0.4, -0.2) is 28.5 Å². The minimum atomic E-state index is -0.890. The van der Waals surface area contributed by atoms with Gasteiger partial charge in [-0.3, -0.25) is 19.4 Å². The summed E-state index contributed by atoms with van der Waals surface area (Å²) in [4.78, 5) is 41.9. The minimum Gasteiger partial charge on any atom is -0.354 e. The van der Waals surface area contributed by atoms with Crippen molar-refractivity contribution in [2.45, 2.75) is 52.5 Å². The van der Waals surface area contributed by atoms with Crippen LogP contribution in [0.1, 0.15) is 49.3 Å². The van der Waals surface area contributed by atoms with Crippen LogP contribution in [0.4, 0.5) is 4.39 Å². The van der Waals surface area contributed by atoms with Crippen molar-refractivity contribution < 1.29 is 18.8 Å². The Bertz CT molecular complexity index is 1010. The van der Waals surface area contributed by atoms with E-state index in [-0.39, 0.29) is 47.1 Å². The third kappa shape index (κ3) is 4.43. The molecule has 1 aliphatic carbocycles. The summed E-state index contributed by atoms with van der Waals surface area (Å²) in [6.07, 6.45) is 1.44. The third-order valence-electron chi connectivity index (χ3n) is 5.30.